The predicted octanol–water partition coefficient (Wildman–Crippen LogP) is 2.53. The molecular weight excluding hydrogens is 232 g/mol. The molecule has 0 saturated heterocycles. The number of hydrogen-bond donors (Lipinski definition) is 1. The van der Waals surface area contributed by atoms with Crippen LogP contribution < -0.4 is 0 Å². The van der Waals surface area contributed by atoms with Crippen molar-refractivity contribution in [1.82, 2.24) is 9.72 Å². The fourth-order valence-electron chi connectivity index (χ4n) is 2.02. The van der Waals surface area contributed by atoms with Gasteiger partial charge in [0.2, 0.25) is 0 Å². The smallest absolute Gasteiger partial charge is 0.358 e. The molecular formula is C13H10N2O3. The zero-order valence-corrected chi connectivity index (χ0v) is 9.62. The van der Waals surface area contributed by atoms with Gasteiger partial charge in [-0.05, 0) is 12.1 Å². The molecule has 3 rings (SSSR count). The number of nitrogens with zero attached hydrogens (tertiary/aromatic N) is 2. The van der Waals surface area contributed by atoms with Gasteiger partial charge in [0.15, 0.2) is 11.5 Å². The van der Waals surface area contributed by atoms with Gasteiger partial charge in [0, 0.05) is 35.8 Å². The van der Waals surface area contributed by atoms with Gasteiger partial charge in [0.1, 0.15) is 0 Å². The third-order valence-electron chi connectivity index (χ3n) is 2.92. The maximum absolute atomic E-state index is 10.8. The minimum Gasteiger partial charge on any atom is -0.476 e. The number of aryl methyl sites for hydroxylation is 1. The monoisotopic (exact) mass is 242 g/mol. The van der Waals surface area contributed by atoms with E-state index in [1.165, 1.54) is 6.07 Å². The lowest BCUT2D eigenvalue weighted by atomic mass is 10.1. The number of fused-ring (bicyclic) bond motifs is 1. The predicted molar refractivity (Wildman–Crippen MR) is 65.4 cm³/mol. The van der Waals surface area contributed by atoms with Gasteiger partial charge in [0.25, 0.3) is 0 Å². The van der Waals surface area contributed by atoms with Crippen LogP contribution in [-0.2, 0) is 7.05 Å². The molecule has 90 valence electrons. The van der Waals surface area contributed by atoms with Crippen LogP contribution >= 0.6 is 0 Å². The highest BCUT2D eigenvalue weighted by atomic mass is 16.5. The standard InChI is InChI=1S/C13H10N2O3/c1-15-6-5-8-9(3-2-4-11(8)15)12-7-10(13(16)17)14-18-12/h2-7H,1H3,(H,16,17). The fourth-order valence-corrected chi connectivity index (χ4v) is 2.02. The molecule has 0 spiro atoms. The summed E-state index contributed by atoms with van der Waals surface area (Å²) in [6, 6.07) is 9.18. The first-order chi connectivity index (χ1) is 8.66. The zero-order chi connectivity index (χ0) is 12.7. The SMILES string of the molecule is Cn1ccc2c(-c3cc(C(=O)O)no3)cccc21. The molecule has 0 aliphatic heterocycles. The summed E-state index contributed by atoms with van der Waals surface area (Å²) in [5.74, 6) is -0.630. The third kappa shape index (κ3) is 1.48. The molecule has 0 fully saturated rings. The summed E-state index contributed by atoms with van der Waals surface area (Å²) in [5.41, 5.74) is 1.81. The summed E-state index contributed by atoms with van der Waals surface area (Å²) >= 11 is 0. The second kappa shape index (κ2) is 3.73. The van der Waals surface area contributed by atoms with Crippen LogP contribution in [0, 0.1) is 0 Å². The van der Waals surface area contributed by atoms with E-state index in [4.69, 9.17) is 9.63 Å². The minimum atomic E-state index is -1.09. The van der Waals surface area contributed by atoms with Crippen molar-refractivity contribution in [3.05, 3.63) is 42.2 Å². The molecule has 5 nitrogen and oxygen atoms in total. The first-order valence-corrected chi connectivity index (χ1v) is 5.41. The summed E-state index contributed by atoms with van der Waals surface area (Å²) < 4.78 is 7.08. The highest BCUT2D eigenvalue weighted by molar-refractivity contribution is 5.95. The highest BCUT2D eigenvalue weighted by Gasteiger charge is 2.14. The number of hydrogen-bond acceptors (Lipinski definition) is 3. The third-order valence-corrected chi connectivity index (χ3v) is 2.92. The molecule has 18 heavy (non-hydrogen) atoms. The Morgan fingerprint density at radius 3 is 2.94 bits per heavy atom. The van der Waals surface area contributed by atoms with Crippen LogP contribution in [0.25, 0.3) is 22.2 Å². The van der Waals surface area contributed by atoms with Gasteiger partial charge in [-0.3, -0.25) is 0 Å². The Morgan fingerprint density at radius 1 is 1.39 bits per heavy atom. The molecule has 0 atom stereocenters. The molecule has 0 aliphatic carbocycles. The largest absolute Gasteiger partial charge is 0.476 e. The van der Waals surface area contributed by atoms with Gasteiger partial charge in [-0.15, -0.1) is 0 Å². The zero-order valence-electron chi connectivity index (χ0n) is 9.62. The quantitative estimate of drug-likeness (QED) is 0.749. The van der Waals surface area contributed by atoms with Crippen LogP contribution in [0.3, 0.4) is 0 Å². The molecule has 5 heteroatoms. The van der Waals surface area contributed by atoms with Gasteiger partial charge in [-0.1, -0.05) is 17.3 Å². The average molecular weight is 242 g/mol. The van der Waals surface area contributed by atoms with E-state index in [1.807, 2.05) is 42.1 Å². The number of benzene rings is 1. The number of carboxylic acids is 1. The van der Waals surface area contributed by atoms with Crippen molar-refractivity contribution in [2.75, 3.05) is 0 Å². The lowest BCUT2D eigenvalue weighted by Gasteiger charge is -1.99. The molecule has 1 aromatic carbocycles. The van der Waals surface area contributed by atoms with Gasteiger partial charge in [-0.2, -0.15) is 0 Å². The number of carbonyl (C=O) groups is 1. The van der Waals surface area contributed by atoms with E-state index in [9.17, 15) is 4.79 Å². The molecule has 0 bridgehead atoms. The summed E-state index contributed by atoms with van der Waals surface area (Å²) in [4.78, 5) is 10.8. The fraction of sp³-hybridized carbons (Fsp3) is 0.0769. The van der Waals surface area contributed by atoms with Crippen molar-refractivity contribution in [2.45, 2.75) is 0 Å². The molecule has 1 N–H and O–H groups in total. The minimum absolute atomic E-state index is 0.0852. The normalized spacial score (nSPS) is 10.9. The Kier molecular flexibility index (Phi) is 2.19. The molecule has 0 radical (unpaired) electrons. The number of aromatic carboxylic acids is 1. The van der Waals surface area contributed by atoms with Crippen molar-refractivity contribution < 1.29 is 14.4 Å². The molecule has 3 aromatic rings. The maximum Gasteiger partial charge on any atom is 0.358 e. The summed E-state index contributed by atoms with van der Waals surface area (Å²) in [6.45, 7) is 0. The van der Waals surface area contributed by atoms with Gasteiger partial charge < -0.3 is 14.2 Å². The van der Waals surface area contributed by atoms with E-state index < -0.39 is 5.97 Å². The molecule has 2 aromatic heterocycles. The molecule has 0 amide bonds. The topological polar surface area (TPSA) is 68.3 Å². The van der Waals surface area contributed by atoms with Crippen LogP contribution in [0.4, 0.5) is 0 Å². The molecule has 2 heterocycles. The summed E-state index contributed by atoms with van der Waals surface area (Å²) in [6.07, 6.45) is 1.95. The van der Waals surface area contributed by atoms with E-state index in [0.29, 0.717) is 5.76 Å². The number of rotatable bonds is 2. The van der Waals surface area contributed by atoms with Crippen LogP contribution in [0.15, 0.2) is 41.1 Å². The molecule has 0 saturated carbocycles. The Bertz CT molecular complexity index is 740. The Morgan fingerprint density at radius 2 is 2.22 bits per heavy atom. The summed E-state index contributed by atoms with van der Waals surface area (Å²) in [5, 5.41) is 13.4. The lowest BCUT2D eigenvalue weighted by molar-refractivity contribution is 0.0686. The highest BCUT2D eigenvalue weighted by Crippen LogP contribution is 2.29. The van der Waals surface area contributed by atoms with E-state index >= 15 is 0 Å². The van der Waals surface area contributed by atoms with Crippen molar-refractivity contribution in [2.24, 2.45) is 7.05 Å². The van der Waals surface area contributed by atoms with Crippen molar-refractivity contribution in [3.8, 4) is 11.3 Å². The van der Waals surface area contributed by atoms with E-state index in [0.717, 1.165) is 16.5 Å². The Hall–Kier alpha value is -2.56. The van der Waals surface area contributed by atoms with Crippen LogP contribution in [-0.4, -0.2) is 20.8 Å². The second-order valence-electron chi connectivity index (χ2n) is 4.05. The number of carboxylic acid groups (broad SMARTS) is 1. The van der Waals surface area contributed by atoms with Crippen molar-refractivity contribution >= 4 is 16.9 Å². The average Bonchev–Trinajstić information content (AvgIpc) is 2.97. The van der Waals surface area contributed by atoms with E-state index in [1.54, 1.807) is 0 Å². The van der Waals surface area contributed by atoms with Crippen LogP contribution in [0.2, 0.25) is 0 Å². The van der Waals surface area contributed by atoms with E-state index in [-0.39, 0.29) is 5.69 Å². The van der Waals surface area contributed by atoms with Crippen LogP contribution in [0.5, 0.6) is 0 Å². The summed E-state index contributed by atoms with van der Waals surface area (Å²) in [7, 11) is 1.95. The van der Waals surface area contributed by atoms with Crippen LogP contribution in [0.1, 0.15) is 10.5 Å². The first kappa shape index (κ1) is 10.6. The number of aromatic nitrogens is 2. The molecule has 0 aliphatic rings. The van der Waals surface area contributed by atoms with E-state index in [2.05, 4.69) is 5.16 Å². The maximum atomic E-state index is 10.8. The van der Waals surface area contributed by atoms with Crippen molar-refractivity contribution in [3.63, 3.8) is 0 Å². The first-order valence-electron chi connectivity index (χ1n) is 5.41. The lowest BCUT2D eigenvalue weighted by Crippen LogP contribution is -1.94. The van der Waals surface area contributed by atoms with Crippen molar-refractivity contribution in [1.29, 1.82) is 0 Å². The Labute approximate surface area is 102 Å². The Balaban J connectivity index is 2.21. The van der Waals surface area contributed by atoms with Gasteiger partial charge >= 0.3 is 5.97 Å². The second-order valence-corrected chi connectivity index (χ2v) is 4.05. The van der Waals surface area contributed by atoms with Gasteiger partial charge in [0.05, 0.1) is 0 Å². The molecule has 0 unspecified atom stereocenters. The van der Waals surface area contributed by atoms with Gasteiger partial charge in [-0.25, -0.2) is 4.79 Å².